The quantitative estimate of drug-likeness (QED) is 0.559. The molecule has 0 aliphatic heterocycles. The van der Waals surface area contributed by atoms with E-state index in [2.05, 4.69) is 0 Å². The third kappa shape index (κ3) is 1.15. The molecule has 1 aliphatic rings. The minimum Gasteiger partial charge on any atom is -0.508 e. The van der Waals surface area contributed by atoms with Crippen molar-refractivity contribution in [3.05, 3.63) is 23.7 Å². The Morgan fingerprint density at radius 3 is 2.50 bits per heavy atom. The number of alkyl halides is 2. The summed E-state index contributed by atoms with van der Waals surface area (Å²) in [6, 6.07) is 0. The second-order valence-corrected chi connectivity index (χ2v) is 1.97. The lowest BCUT2D eigenvalue weighted by Gasteiger charge is -2.12. The van der Waals surface area contributed by atoms with Gasteiger partial charge in [-0.3, -0.25) is 0 Å². The molecule has 0 heterocycles. The first-order chi connectivity index (χ1) is 4.61. The minimum atomic E-state index is -2.25. The molecule has 1 rings (SSSR count). The molecule has 0 aromatic rings. The topological polar surface area (TPSA) is 20.2 Å². The Balaban J connectivity index is 2.85. The first-order valence-electron chi connectivity index (χ1n) is 2.67. The molecule has 0 radical (unpaired) electrons. The molecule has 0 aromatic heterocycles. The third-order valence-corrected chi connectivity index (χ3v) is 1.16. The van der Waals surface area contributed by atoms with Crippen LogP contribution in [-0.2, 0) is 0 Å². The standard InChI is InChI=1S/C6H5F3O/c7-4-1-3(10)2-5(8)6(4)9/h1-2,4,6,10H. The molecule has 0 saturated heterocycles. The van der Waals surface area contributed by atoms with Crippen molar-refractivity contribution in [2.24, 2.45) is 0 Å². The van der Waals surface area contributed by atoms with Gasteiger partial charge in [0.05, 0.1) is 0 Å². The highest BCUT2D eigenvalue weighted by molar-refractivity contribution is 5.25. The molecule has 1 aliphatic carbocycles. The Morgan fingerprint density at radius 2 is 2.00 bits per heavy atom. The van der Waals surface area contributed by atoms with Crippen LogP contribution in [0.25, 0.3) is 0 Å². The fourth-order valence-electron chi connectivity index (χ4n) is 0.669. The summed E-state index contributed by atoms with van der Waals surface area (Å²) < 4.78 is 36.5. The second kappa shape index (κ2) is 2.36. The van der Waals surface area contributed by atoms with Gasteiger partial charge >= 0.3 is 0 Å². The molecular weight excluding hydrogens is 145 g/mol. The minimum absolute atomic E-state index is 0.556. The fourth-order valence-corrected chi connectivity index (χ4v) is 0.669. The van der Waals surface area contributed by atoms with Crippen LogP contribution in [0.2, 0.25) is 0 Å². The highest BCUT2D eigenvalue weighted by Gasteiger charge is 2.27. The summed E-state index contributed by atoms with van der Waals surface area (Å²) in [7, 11) is 0. The van der Waals surface area contributed by atoms with E-state index in [0.717, 1.165) is 0 Å². The average molecular weight is 150 g/mol. The number of aliphatic hydroxyl groups excluding tert-OH is 1. The smallest absolute Gasteiger partial charge is 0.186 e. The molecular formula is C6H5F3O. The highest BCUT2D eigenvalue weighted by atomic mass is 19.2. The van der Waals surface area contributed by atoms with Gasteiger partial charge in [0.25, 0.3) is 0 Å². The lowest BCUT2D eigenvalue weighted by atomic mass is 10.1. The van der Waals surface area contributed by atoms with Crippen molar-refractivity contribution in [3.8, 4) is 0 Å². The Morgan fingerprint density at radius 1 is 1.40 bits per heavy atom. The zero-order valence-electron chi connectivity index (χ0n) is 4.89. The summed E-state index contributed by atoms with van der Waals surface area (Å²) in [5.41, 5.74) is 0. The molecule has 10 heavy (non-hydrogen) atoms. The summed E-state index contributed by atoms with van der Waals surface area (Å²) in [5.74, 6) is -1.84. The van der Waals surface area contributed by atoms with Gasteiger partial charge in [-0.25, -0.2) is 13.2 Å². The van der Waals surface area contributed by atoms with E-state index in [1.165, 1.54) is 0 Å². The summed E-state index contributed by atoms with van der Waals surface area (Å²) in [4.78, 5) is 0. The largest absolute Gasteiger partial charge is 0.508 e. The van der Waals surface area contributed by atoms with E-state index in [4.69, 9.17) is 5.11 Å². The number of hydrogen-bond acceptors (Lipinski definition) is 1. The number of halogens is 3. The van der Waals surface area contributed by atoms with E-state index in [0.29, 0.717) is 12.2 Å². The van der Waals surface area contributed by atoms with Crippen LogP contribution in [0, 0.1) is 0 Å². The Labute approximate surface area is 55.5 Å². The van der Waals surface area contributed by atoms with Gasteiger partial charge in [0.15, 0.2) is 12.3 Å². The molecule has 0 spiro atoms. The van der Waals surface area contributed by atoms with Crippen LogP contribution in [0.5, 0.6) is 0 Å². The van der Waals surface area contributed by atoms with Gasteiger partial charge in [-0.15, -0.1) is 0 Å². The van der Waals surface area contributed by atoms with E-state index in [-0.39, 0.29) is 0 Å². The van der Waals surface area contributed by atoms with Crippen LogP contribution in [0.1, 0.15) is 0 Å². The number of aliphatic hydroxyl groups is 1. The van der Waals surface area contributed by atoms with Crippen LogP contribution in [0.3, 0.4) is 0 Å². The number of hydrogen-bond donors (Lipinski definition) is 1. The van der Waals surface area contributed by atoms with Crippen molar-refractivity contribution in [2.75, 3.05) is 0 Å². The molecule has 56 valence electrons. The van der Waals surface area contributed by atoms with E-state index in [1.54, 1.807) is 0 Å². The molecule has 1 nitrogen and oxygen atoms in total. The number of rotatable bonds is 0. The van der Waals surface area contributed by atoms with Gasteiger partial charge in [0.1, 0.15) is 11.6 Å². The van der Waals surface area contributed by atoms with Crippen molar-refractivity contribution in [3.63, 3.8) is 0 Å². The Bertz CT molecular complexity index is 197. The van der Waals surface area contributed by atoms with Crippen LogP contribution in [0.4, 0.5) is 13.2 Å². The van der Waals surface area contributed by atoms with Crippen molar-refractivity contribution >= 4 is 0 Å². The lowest BCUT2D eigenvalue weighted by molar-refractivity contribution is 0.198. The van der Waals surface area contributed by atoms with Crippen LogP contribution >= 0.6 is 0 Å². The second-order valence-electron chi connectivity index (χ2n) is 1.97. The molecule has 0 amide bonds. The van der Waals surface area contributed by atoms with Crippen molar-refractivity contribution in [1.29, 1.82) is 0 Å². The van der Waals surface area contributed by atoms with Gasteiger partial charge in [0, 0.05) is 6.08 Å². The maximum absolute atomic E-state index is 12.2. The van der Waals surface area contributed by atoms with Crippen molar-refractivity contribution < 1.29 is 18.3 Å². The molecule has 0 bridgehead atoms. The lowest BCUT2D eigenvalue weighted by Crippen LogP contribution is -2.19. The van der Waals surface area contributed by atoms with Gasteiger partial charge in [0.2, 0.25) is 0 Å². The number of allylic oxidation sites excluding steroid dienone is 3. The zero-order chi connectivity index (χ0) is 7.72. The van der Waals surface area contributed by atoms with E-state index >= 15 is 0 Å². The first-order valence-corrected chi connectivity index (χ1v) is 2.67. The van der Waals surface area contributed by atoms with Crippen molar-refractivity contribution in [1.82, 2.24) is 0 Å². The van der Waals surface area contributed by atoms with Crippen LogP contribution in [-0.4, -0.2) is 17.4 Å². The average Bonchev–Trinajstić information content (AvgIpc) is 1.82. The summed E-state index contributed by atoms with van der Waals surface area (Å²) in [6.45, 7) is 0. The molecule has 2 atom stereocenters. The first kappa shape index (κ1) is 7.18. The Kier molecular flexibility index (Phi) is 1.70. The molecule has 0 aromatic carbocycles. The molecule has 2 unspecified atom stereocenters. The van der Waals surface area contributed by atoms with Gasteiger partial charge in [-0.2, -0.15) is 0 Å². The predicted octanol–water partition coefficient (Wildman–Crippen LogP) is 1.97. The molecule has 0 saturated carbocycles. The maximum atomic E-state index is 12.2. The van der Waals surface area contributed by atoms with Crippen LogP contribution < -0.4 is 0 Å². The summed E-state index contributed by atoms with van der Waals surface area (Å²) in [5, 5.41) is 8.51. The van der Waals surface area contributed by atoms with Gasteiger partial charge < -0.3 is 5.11 Å². The summed E-state index contributed by atoms with van der Waals surface area (Å²) >= 11 is 0. The maximum Gasteiger partial charge on any atom is 0.186 e. The highest BCUT2D eigenvalue weighted by Crippen LogP contribution is 2.22. The summed E-state index contributed by atoms with van der Waals surface area (Å²) in [6.07, 6.45) is -3.14. The van der Waals surface area contributed by atoms with E-state index < -0.39 is 23.9 Å². The SMILES string of the molecule is OC1=CC(F)C(F)C(F)=C1. The Hall–Kier alpha value is -0.930. The zero-order valence-corrected chi connectivity index (χ0v) is 4.89. The monoisotopic (exact) mass is 150 g/mol. The molecule has 1 N–H and O–H groups in total. The van der Waals surface area contributed by atoms with Gasteiger partial charge in [-0.05, 0) is 6.08 Å². The van der Waals surface area contributed by atoms with E-state index in [1.807, 2.05) is 0 Å². The van der Waals surface area contributed by atoms with Crippen molar-refractivity contribution in [2.45, 2.75) is 12.3 Å². The molecule has 4 heteroatoms. The fraction of sp³-hybridized carbons (Fsp3) is 0.333. The van der Waals surface area contributed by atoms with Crippen LogP contribution in [0.15, 0.2) is 23.7 Å². The third-order valence-electron chi connectivity index (χ3n) is 1.16. The molecule has 0 fully saturated rings. The normalized spacial score (nSPS) is 33.1. The predicted molar refractivity (Wildman–Crippen MR) is 29.7 cm³/mol. The van der Waals surface area contributed by atoms with E-state index in [9.17, 15) is 13.2 Å². The van der Waals surface area contributed by atoms with Gasteiger partial charge in [-0.1, -0.05) is 0 Å².